The summed E-state index contributed by atoms with van der Waals surface area (Å²) in [4.78, 5) is 38.0. The number of carbonyl (C=O) groups excluding carboxylic acids is 2. The average molecular weight is 423 g/mol. The molecule has 0 aliphatic rings. The Hall–Kier alpha value is -2.61. The predicted octanol–water partition coefficient (Wildman–Crippen LogP) is 4.13. The maximum atomic E-state index is 12.7. The van der Waals surface area contributed by atoms with E-state index in [1.54, 1.807) is 41.5 Å². The molecule has 0 aromatic heterocycles. The number of hydrogen-bond acceptors (Lipinski definition) is 6. The van der Waals surface area contributed by atoms with Crippen molar-refractivity contribution in [2.24, 2.45) is 5.73 Å². The van der Waals surface area contributed by atoms with Gasteiger partial charge in [0.15, 0.2) is 0 Å². The van der Waals surface area contributed by atoms with Crippen molar-refractivity contribution in [1.29, 1.82) is 0 Å². The third-order valence-electron chi connectivity index (χ3n) is 4.12. The molecule has 2 atom stereocenters. The van der Waals surface area contributed by atoms with Gasteiger partial charge in [-0.25, -0.2) is 14.4 Å². The van der Waals surface area contributed by atoms with Crippen LogP contribution in [0.1, 0.15) is 65.9 Å². The number of aliphatic carboxylic acids is 1. The van der Waals surface area contributed by atoms with Crippen molar-refractivity contribution in [2.75, 3.05) is 6.54 Å². The molecule has 1 aromatic carbocycles. The number of benzene rings is 1. The number of carboxylic acids is 1. The van der Waals surface area contributed by atoms with Crippen molar-refractivity contribution < 1.29 is 29.0 Å². The van der Waals surface area contributed by atoms with Crippen LogP contribution in [0.4, 0.5) is 9.59 Å². The molecule has 0 saturated carbocycles. The number of nitrogens with zero attached hydrogens (tertiary/aromatic N) is 1. The summed E-state index contributed by atoms with van der Waals surface area (Å²) >= 11 is 0. The topological polar surface area (TPSA) is 119 Å². The lowest BCUT2D eigenvalue weighted by Crippen LogP contribution is -2.52. The van der Waals surface area contributed by atoms with E-state index >= 15 is 0 Å². The molecule has 8 heteroatoms. The van der Waals surface area contributed by atoms with Crippen LogP contribution in [0.2, 0.25) is 0 Å². The number of rotatable bonds is 7. The third kappa shape index (κ3) is 8.41. The molecular formula is C22H34N2O6. The van der Waals surface area contributed by atoms with Crippen LogP contribution < -0.4 is 5.73 Å². The van der Waals surface area contributed by atoms with E-state index in [4.69, 9.17) is 15.2 Å². The van der Waals surface area contributed by atoms with Crippen LogP contribution in [0.25, 0.3) is 0 Å². The highest BCUT2D eigenvalue weighted by atomic mass is 16.6. The van der Waals surface area contributed by atoms with Gasteiger partial charge in [0, 0.05) is 0 Å². The molecule has 30 heavy (non-hydrogen) atoms. The van der Waals surface area contributed by atoms with E-state index in [9.17, 15) is 19.5 Å². The Morgan fingerprint density at radius 3 is 1.77 bits per heavy atom. The van der Waals surface area contributed by atoms with Crippen LogP contribution in [-0.2, 0) is 14.3 Å². The molecule has 8 nitrogen and oxygen atoms in total. The molecule has 0 aliphatic heterocycles. The second-order valence-electron chi connectivity index (χ2n) is 9.11. The van der Waals surface area contributed by atoms with Crippen LogP contribution in [0.15, 0.2) is 30.3 Å². The lowest BCUT2D eigenvalue weighted by molar-refractivity contribution is -0.143. The average Bonchev–Trinajstić information content (AvgIpc) is 2.58. The van der Waals surface area contributed by atoms with Gasteiger partial charge in [0.25, 0.3) is 0 Å². The minimum Gasteiger partial charge on any atom is -0.480 e. The monoisotopic (exact) mass is 422 g/mol. The molecule has 1 rings (SSSR count). The van der Waals surface area contributed by atoms with Crippen molar-refractivity contribution in [3.8, 4) is 0 Å². The lowest BCUT2D eigenvalue weighted by Gasteiger charge is -2.32. The first-order chi connectivity index (χ1) is 13.7. The van der Waals surface area contributed by atoms with Gasteiger partial charge in [-0.1, -0.05) is 30.3 Å². The van der Waals surface area contributed by atoms with Crippen molar-refractivity contribution in [2.45, 2.75) is 77.5 Å². The molecule has 0 bridgehead atoms. The van der Waals surface area contributed by atoms with E-state index in [0.29, 0.717) is 17.9 Å². The fourth-order valence-electron chi connectivity index (χ4n) is 2.82. The second kappa shape index (κ2) is 10.4. The van der Waals surface area contributed by atoms with Crippen LogP contribution in [0.3, 0.4) is 0 Å². The number of carboxylic acid groups (broad SMARTS) is 1. The van der Waals surface area contributed by atoms with E-state index in [2.05, 4.69) is 0 Å². The van der Waals surface area contributed by atoms with Gasteiger partial charge < -0.3 is 20.3 Å². The second-order valence-corrected chi connectivity index (χ2v) is 9.11. The number of carbonyl (C=O) groups is 3. The van der Waals surface area contributed by atoms with E-state index in [0.717, 1.165) is 5.56 Å². The highest BCUT2D eigenvalue weighted by Gasteiger charge is 2.40. The van der Waals surface area contributed by atoms with Gasteiger partial charge >= 0.3 is 18.2 Å². The molecule has 2 unspecified atom stereocenters. The fraction of sp³-hybridized carbons (Fsp3) is 0.591. The Morgan fingerprint density at radius 2 is 1.40 bits per heavy atom. The van der Waals surface area contributed by atoms with Crippen molar-refractivity contribution >= 4 is 18.2 Å². The zero-order valence-corrected chi connectivity index (χ0v) is 18.7. The maximum absolute atomic E-state index is 12.7. The zero-order chi connectivity index (χ0) is 23.1. The quantitative estimate of drug-likeness (QED) is 0.678. The molecule has 3 N–H and O–H groups in total. The Bertz CT molecular complexity index is 693. The molecule has 1 aromatic rings. The minimum absolute atomic E-state index is 0.00454. The molecule has 0 aliphatic carbocycles. The van der Waals surface area contributed by atoms with Gasteiger partial charge in [0.2, 0.25) is 0 Å². The fourth-order valence-corrected chi connectivity index (χ4v) is 2.82. The molecular weight excluding hydrogens is 388 g/mol. The number of hydrogen-bond donors (Lipinski definition) is 2. The van der Waals surface area contributed by atoms with Crippen molar-refractivity contribution in [1.82, 2.24) is 4.90 Å². The molecule has 0 heterocycles. The molecule has 0 fully saturated rings. The predicted molar refractivity (Wildman–Crippen MR) is 113 cm³/mol. The lowest BCUT2D eigenvalue weighted by atomic mass is 9.92. The summed E-state index contributed by atoms with van der Waals surface area (Å²) in [6.07, 6.45) is -1.76. The van der Waals surface area contributed by atoms with Gasteiger partial charge in [-0.3, -0.25) is 0 Å². The smallest absolute Gasteiger partial charge is 0.420 e. The molecule has 168 valence electrons. The van der Waals surface area contributed by atoms with E-state index in [1.807, 2.05) is 30.3 Å². The number of amides is 2. The summed E-state index contributed by atoms with van der Waals surface area (Å²) < 4.78 is 10.6. The SMILES string of the molecule is CC(C)(C)OC(=O)N(C(=O)OC(C)(C)C)C(CCC(CN)c1ccccc1)C(=O)O. The van der Waals surface area contributed by atoms with Crippen LogP contribution in [0, 0.1) is 0 Å². The number of ether oxygens (including phenoxy) is 2. The highest BCUT2D eigenvalue weighted by Crippen LogP contribution is 2.24. The van der Waals surface area contributed by atoms with E-state index < -0.39 is 35.4 Å². The summed E-state index contributed by atoms with van der Waals surface area (Å²) in [6, 6.07) is 8.00. The van der Waals surface area contributed by atoms with E-state index in [1.165, 1.54) is 0 Å². The van der Waals surface area contributed by atoms with Gasteiger partial charge in [-0.05, 0) is 72.4 Å². The highest BCUT2D eigenvalue weighted by molar-refractivity contribution is 5.93. The Kier molecular flexibility index (Phi) is 8.84. The summed E-state index contributed by atoms with van der Waals surface area (Å²) in [7, 11) is 0. The van der Waals surface area contributed by atoms with Gasteiger partial charge in [0.1, 0.15) is 17.2 Å². The number of nitrogens with two attached hydrogens (primary N) is 1. The summed E-state index contributed by atoms with van der Waals surface area (Å²) in [5.74, 6) is -1.44. The minimum atomic E-state index is -1.45. The third-order valence-corrected chi connectivity index (χ3v) is 4.12. The Balaban J connectivity index is 3.15. The normalized spacial score (nSPS) is 13.8. The Labute approximate surface area is 178 Å². The van der Waals surface area contributed by atoms with Crippen LogP contribution in [0.5, 0.6) is 0 Å². The summed E-state index contributed by atoms with van der Waals surface area (Å²) in [6.45, 7) is 10.1. The standard InChI is InChI=1S/C22H34N2O6/c1-21(2,3)29-19(27)24(20(28)30-22(4,5)6)17(18(25)26)13-12-16(14-23)15-10-8-7-9-11-15/h7-11,16-17H,12-14,23H2,1-6H3,(H,25,26). The largest absolute Gasteiger partial charge is 0.480 e. The van der Waals surface area contributed by atoms with E-state index in [-0.39, 0.29) is 12.3 Å². The van der Waals surface area contributed by atoms with Crippen molar-refractivity contribution in [3.63, 3.8) is 0 Å². The first-order valence-corrected chi connectivity index (χ1v) is 9.98. The van der Waals surface area contributed by atoms with Gasteiger partial charge in [-0.2, -0.15) is 4.90 Å². The number of imide groups is 1. The first-order valence-electron chi connectivity index (χ1n) is 9.98. The molecule has 0 saturated heterocycles. The van der Waals surface area contributed by atoms with Gasteiger partial charge in [0.05, 0.1) is 0 Å². The summed E-state index contributed by atoms with van der Waals surface area (Å²) in [5.41, 5.74) is 5.02. The van der Waals surface area contributed by atoms with Crippen LogP contribution >= 0.6 is 0 Å². The van der Waals surface area contributed by atoms with Gasteiger partial charge in [-0.15, -0.1) is 0 Å². The van der Waals surface area contributed by atoms with Crippen molar-refractivity contribution in [3.05, 3.63) is 35.9 Å². The zero-order valence-electron chi connectivity index (χ0n) is 18.7. The maximum Gasteiger partial charge on any atom is 0.420 e. The van der Waals surface area contributed by atoms with Crippen LogP contribution in [-0.4, -0.2) is 52.0 Å². The molecule has 2 amide bonds. The molecule has 0 spiro atoms. The Morgan fingerprint density at radius 1 is 0.933 bits per heavy atom. The first kappa shape index (κ1) is 25.4. The summed E-state index contributed by atoms with van der Waals surface area (Å²) in [5, 5.41) is 9.81. The molecule has 0 radical (unpaired) electrons.